The lowest BCUT2D eigenvalue weighted by Crippen LogP contribution is -2.48. The van der Waals surface area contributed by atoms with E-state index in [2.05, 4.69) is 15.5 Å². The fourth-order valence-corrected chi connectivity index (χ4v) is 6.08. The first-order chi connectivity index (χ1) is 20.6. The zero-order chi connectivity index (χ0) is 31.1. The van der Waals surface area contributed by atoms with E-state index in [4.69, 9.17) is 18.7 Å². The number of rotatable bonds is 14. The molecule has 4 atom stereocenters. The quantitative estimate of drug-likeness (QED) is 0.252. The van der Waals surface area contributed by atoms with Crippen LogP contribution in [0.4, 0.5) is 0 Å². The summed E-state index contributed by atoms with van der Waals surface area (Å²) in [6.45, 7) is 12.5. The highest BCUT2D eigenvalue weighted by atomic mass is 32.1. The average molecular weight is 615 g/mol. The van der Waals surface area contributed by atoms with Gasteiger partial charge in [0.25, 0.3) is 5.88 Å². The predicted molar refractivity (Wildman–Crippen MR) is 162 cm³/mol. The Morgan fingerprint density at radius 3 is 2.47 bits per heavy atom. The third-order valence-electron chi connectivity index (χ3n) is 7.46. The maximum absolute atomic E-state index is 13.9. The number of aliphatic hydroxyl groups excluding tert-OH is 1. The van der Waals surface area contributed by atoms with E-state index < -0.39 is 24.4 Å². The highest BCUT2D eigenvalue weighted by Gasteiger charge is 2.43. The van der Waals surface area contributed by atoms with Crippen LogP contribution in [0.3, 0.4) is 0 Å². The number of hydrogen-bond acceptors (Lipinski definition) is 10. The molecule has 2 amide bonds. The molecule has 11 nitrogen and oxygen atoms in total. The standard InChI is InChI=1S/C31H42N4O7S/c1-7-39-27(40-8-2)16-41-26-14-25(42-34-26)28(18(3)4)31(38)35-15-23(36)13-24(35)30(37)33-19(5)21-9-11-22(12-10-21)29-20(6)32-17-43-29/h9-12,14,17-19,23-24,27-28,36H,7-8,13,15-16H2,1-6H3,(H,33,37). The number of nitrogens with zero attached hydrogens (tertiary/aromatic N) is 3. The molecule has 0 aliphatic carbocycles. The molecule has 3 heterocycles. The van der Waals surface area contributed by atoms with Gasteiger partial charge in [0.05, 0.1) is 28.2 Å². The highest BCUT2D eigenvalue weighted by Crippen LogP contribution is 2.33. The van der Waals surface area contributed by atoms with E-state index in [1.165, 1.54) is 4.90 Å². The van der Waals surface area contributed by atoms with Crippen LogP contribution in [0.5, 0.6) is 5.88 Å². The van der Waals surface area contributed by atoms with Crippen molar-refractivity contribution >= 4 is 23.2 Å². The smallest absolute Gasteiger partial charge is 0.254 e. The molecule has 0 saturated carbocycles. The highest BCUT2D eigenvalue weighted by molar-refractivity contribution is 7.13. The number of likely N-dealkylation sites (tertiary alicyclic amines) is 1. The number of benzene rings is 1. The molecular weight excluding hydrogens is 572 g/mol. The van der Waals surface area contributed by atoms with Gasteiger partial charge in [-0.2, -0.15) is 0 Å². The Balaban J connectivity index is 1.43. The summed E-state index contributed by atoms with van der Waals surface area (Å²) in [6, 6.07) is 8.46. The lowest BCUT2D eigenvalue weighted by molar-refractivity contribution is -0.153. The lowest BCUT2D eigenvalue weighted by Gasteiger charge is -2.29. The SMILES string of the molecule is CCOC(COc1cc(C(C(=O)N2CC(O)CC2C(=O)NC(C)c2ccc(-c3scnc3C)cc2)C(C)C)on1)OCC. The third-order valence-corrected chi connectivity index (χ3v) is 8.44. The molecule has 0 spiro atoms. The lowest BCUT2D eigenvalue weighted by atomic mass is 9.91. The predicted octanol–water partition coefficient (Wildman–Crippen LogP) is 4.46. The summed E-state index contributed by atoms with van der Waals surface area (Å²) in [7, 11) is 0. The molecule has 0 radical (unpaired) electrons. The summed E-state index contributed by atoms with van der Waals surface area (Å²) < 4.78 is 22.2. The molecular formula is C31H42N4O7S. The Morgan fingerprint density at radius 1 is 1.16 bits per heavy atom. The van der Waals surface area contributed by atoms with Crippen molar-refractivity contribution in [2.75, 3.05) is 26.4 Å². The molecule has 1 aliphatic heterocycles. The van der Waals surface area contributed by atoms with Crippen LogP contribution < -0.4 is 10.1 Å². The first-order valence-corrected chi connectivity index (χ1v) is 15.6. The van der Waals surface area contributed by atoms with Crippen LogP contribution in [0.25, 0.3) is 10.4 Å². The van der Waals surface area contributed by atoms with Crippen LogP contribution >= 0.6 is 11.3 Å². The van der Waals surface area contributed by atoms with Crippen molar-refractivity contribution in [1.82, 2.24) is 20.4 Å². The van der Waals surface area contributed by atoms with Gasteiger partial charge in [0.15, 0.2) is 12.1 Å². The van der Waals surface area contributed by atoms with E-state index in [1.54, 1.807) is 17.4 Å². The minimum Gasteiger partial charge on any atom is -0.470 e. The van der Waals surface area contributed by atoms with Crippen LogP contribution in [0.1, 0.15) is 70.0 Å². The van der Waals surface area contributed by atoms with Gasteiger partial charge in [0.2, 0.25) is 11.8 Å². The van der Waals surface area contributed by atoms with Crippen molar-refractivity contribution in [3.8, 4) is 16.3 Å². The monoisotopic (exact) mass is 614 g/mol. The molecule has 1 aliphatic rings. The Morgan fingerprint density at radius 2 is 1.86 bits per heavy atom. The topological polar surface area (TPSA) is 136 Å². The number of carbonyl (C=O) groups is 2. The largest absolute Gasteiger partial charge is 0.470 e. The molecule has 1 fully saturated rings. The van der Waals surface area contributed by atoms with Crippen molar-refractivity contribution in [3.63, 3.8) is 0 Å². The third kappa shape index (κ3) is 7.99. The van der Waals surface area contributed by atoms with Gasteiger partial charge in [0.1, 0.15) is 18.6 Å². The van der Waals surface area contributed by atoms with E-state index in [0.717, 1.165) is 21.7 Å². The van der Waals surface area contributed by atoms with Crippen molar-refractivity contribution in [2.24, 2.45) is 5.92 Å². The van der Waals surface area contributed by atoms with Gasteiger partial charge in [0, 0.05) is 32.2 Å². The summed E-state index contributed by atoms with van der Waals surface area (Å²) in [6.07, 6.45) is -1.21. The van der Waals surface area contributed by atoms with Gasteiger partial charge in [-0.15, -0.1) is 11.3 Å². The number of nitrogens with one attached hydrogen (secondary N) is 1. The summed E-state index contributed by atoms with van der Waals surface area (Å²) in [5, 5.41) is 17.5. The minimum atomic E-state index is -0.817. The van der Waals surface area contributed by atoms with Crippen LogP contribution in [-0.4, -0.2) is 76.8 Å². The molecule has 43 heavy (non-hydrogen) atoms. The molecule has 2 N–H and O–H groups in total. The summed E-state index contributed by atoms with van der Waals surface area (Å²) in [5.74, 6) is -0.993. The van der Waals surface area contributed by atoms with Crippen molar-refractivity contribution < 1.29 is 33.4 Å². The molecule has 1 saturated heterocycles. The summed E-state index contributed by atoms with van der Waals surface area (Å²) >= 11 is 1.59. The first kappa shape index (κ1) is 32.6. The zero-order valence-corrected chi connectivity index (χ0v) is 26.4. The van der Waals surface area contributed by atoms with Gasteiger partial charge >= 0.3 is 0 Å². The molecule has 234 valence electrons. The van der Waals surface area contributed by atoms with Gasteiger partial charge in [-0.25, -0.2) is 4.98 Å². The number of aliphatic hydroxyl groups is 1. The van der Waals surface area contributed by atoms with Crippen LogP contribution in [0.15, 0.2) is 40.4 Å². The normalized spacial score (nSPS) is 18.3. The second kappa shape index (κ2) is 14.9. The van der Waals surface area contributed by atoms with Gasteiger partial charge in [-0.3, -0.25) is 9.59 Å². The van der Waals surface area contributed by atoms with Crippen LogP contribution in [0.2, 0.25) is 0 Å². The maximum Gasteiger partial charge on any atom is 0.254 e. The molecule has 3 aromatic rings. The van der Waals surface area contributed by atoms with Gasteiger partial charge in [-0.1, -0.05) is 38.1 Å². The fraction of sp³-hybridized carbons (Fsp3) is 0.548. The van der Waals surface area contributed by atoms with Crippen molar-refractivity contribution in [2.45, 2.75) is 78.4 Å². The Kier molecular flexibility index (Phi) is 11.3. The second-order valence-electron chi connectivity index (χ2n) is 11.0. The van der Waals surface area contributed by atoms with Crippen LogP contribution in [-0.2, 0) is 19.1 Å². The minimum absolute atomic E-state index is 0.0549. The number of thiazole rings is 1. The van der Waals surface area contributed by atoms with Gasteiger partial charge in [-0.05, 0) is 49.9 Å². The number of ether oxygens (including phenoxy) is 3. The molecule has 1 aromatic carbocycles. The fourth-order valence-electron chi connectivity index (χ4n) is 5.27. The molecule has 0 bridgehead atoms. The number of aromatic nitrogens is 2. The van der Waals surface area contributed by atoms with Crippen molar-refractivity contribution in [3.05, 3.63) is 52.9 Å². The summed E-state index contributed by atoms with van der Waals surface area (Å²) in [5.41, 5.74) is 4.81. The summed E-state index contributed by atoms with van der Waals surface area (Å²) in [4.78, 5) is 34.2. The second-order valence-corrected chi connectivity index (χ2v) is 11.8. The van der Waals surface area contributed by atoms with E-state index in [-0.39, 0.29) is 49.2 Å². The van der Waals surface area contributed by atoms with E-state index in [1.807, 2.05) is 71.3 Å². The number of amides is 2. The first-order valence-electron chi connectivity index (χ1n) is 14.7. The average Bonchev–Trinajstić information content (AvgIpc) is 3.72. The number of aryl methyl sites for hydroxylation is 1. The number of carbonyl (C=O) groups excluding carboxylic acids is 2. The zero-order valence-electron chi connectivity index (χ0n) is 25.6. The molecule has 2 aromatic heterocycles. The van der Waals surface area contributed by atoms with E-state index >= 15 is 0 Å². The van der Waals surface area contributed by atoms with Crippen molar-refractivity contribution in [1.29, 1.82) is 0 Å². The van der Waals surface area contributed by atoms with E-state index in [9.17, 15) is 14.7 Å². The molecule has 4 rings (SSSR count). The molecule has 12 heteroatoms. The molecule has 4 unspecified atom stereocenters. The number of hydrogen-bond donors (Lipinski definition) is 2. The maximum atomic E-state index is 13.9. The van der Waals surface area contributed by atoms with Crippen LogP contribution in [0, 0.1) is 12.8 Å². The Hall–Kier alpha value is -3.32. The number of β-amino-alcohol motifs (C(OH)–C–C–N with tert-alkyl or cyclic N) is 1. The van der Waals surface area contributed by atoms with E-state index in [0.29, 0.717) is 19.0 Å². The Labute approximate surface area is 256 Å². The Bertz CT molecular complexity index is 1340. The van der Waals surface area contributed by atoms with Gasteiger partial charge < -0.3 is 34.1 Å².